The third kappa shape index (κ3) is 9.73. The highest BCUT2D eigenvalue weighted by atomic mass is 16.5. The van der Waals surface area contributed by atoms with Crippen molar-refractivity contribution in [3.05, 3.63) is 58.7 Å². The number of methoxy groups -OCH3 is 1. The SMILES string of the molecule is COC(C)(C)CCCCC1=CC(O)C=C(/C=C\C2=CC(O)C=C(CCCCC(C)(C)CO)C2O)C1O. The van der Waals surface area contributed by atoms with E-state index in [-0.39, 0.29) is 17.6 Å². The zero-order valence-corrected chi connectivity index (χ0v) is 22.8. The molecule has 2 aliphatic carbocycles. The van der Waals surface area contributed by atoms with Gasteiger partial charge in [-0.05, 0) is 92.2 Å². The Hall–Kier alpha value is -1.54. The van der Waals surface area contributed by atoms with Gasteiger partial charge in [-0.15, -0.1) is 0 Å². The van der Waals surface area contributed by atoms with Gasteiger partial charge in [0.25, 0.3) is 0 Å². The lowest BCUT2D eigenvalue weighted by Crippen LogP contribution is -2.23. The molecule has 0 heterocycles. The molecule has 5 N–H and O–H groups in total. The quantitative estimate of drug-likeness (QED) is 0.178. The molecule has 4 unspecified atom stereocenters. The summed E-state index contributed by atoms with van der Waals surface area (Å²) in [5, 5.41) is 51.8. The van der Waals surface area contributed by atoms with Gasteiger partial charge in [-0.2, -0.15) is 0 Å². The van der Waals surface area contributed by atoms with E-state index in [0.29, 0.717) is 24.0 Å². The Kier molecular flexibility index (Phi) is 11.8. The summed E-state index contributed by atoms with van der Waals surface area (Å²) in [6.07, 6.45) is 13.7. The number of hydrogen-bond donors (Lipinski definition) is 5. The van der Waals surface area contributed by atoms with Crippen LogP contribution in [0.5, 0.6) is 0 Å². The molecule has 0 aromatic heterocycles. The second-order valence-electron chi connectivity index (χ2n) is 11.6. The molecule has 2 rings (SSSR count). The lowest BCUT2D eigenvalue weighted by Gasteiger charge is -2.26. The maximum absolute atomic E-state index is 10.9. The molecule has 0 saturated heterocycles. The number of unbranched alkanes of at least 4 members (excludes halogenated alkanes) is 2. The molecule has 36 heavy (non-hydrogen) atoms. The zero-order valence-electron chi connectivity index (χ0n) is 22.8. The van der Waals surface area contributed by atoms with E-state index >= 15 is 0 Å². The van der Waals surface area contributed by atoms with Crippen molar-refractivity contribution < 1.29 is 30.3 Å². The highest BCUT2D eigenvalue weighted by Crippen LogP contribution is 2.30. The Balaban J connectivity index is 1.94. The van der Waals surface area contributed by atoms with Crippen LogP contribution in [0.15, 0.2) is 58.7 Å². The van der Waals surface area contributed by atoms with E-state index in [1.165, 1.54) is 0 Å². The molecule has 0 aliphatic heterocycles. The van der Waals surface area contributed by atoms with E-state index in [0.717, 1.165) is 49.7 Å². The average Bonchev–Trinajstić information content (AvgIpc) is 2.82. The second-order valence-corrected chi connectivity index (χ2v) is 11.6. The van der Waals surface area contributed by atoms with Gasteiger partial charge in [0.1, 0.15) is 0 Å². The van der Waals surface area contributed by atoms with Crippen LogP contribution in [0.3, 0.4) is 0 Å². The van der Waals surface area contributed by atoms with Gasteiger partial charge in [0, 0.05) is 13.7 Å². The molecular weight excluding hydrogens is 456 g/mol. The third-order valence-electron chi connectivity index (χ3n) is 7.34. The van der Waals surface area contributed by atoms with Crippen LogP contribution in [0.1, 0.15) is 79.1 Å². The smallest absolute Gasteiger partial charge is 0.1000 e. The first-order chi connectivity index (χ1) is 16.9. The van der Waals surface area contributed by atoms with Gasteiger partial charge in [-0.3, -0.25) is 0 Å². The van der Waals surface area contributed by atoms with E-state index in [1.54, 1.807) is 43.6 Å². The van der Waals surface area contributed by atoms with Crippen LogP contribution < -0.4 is 0 Å². The van der Waals surface area contributed by atoms with Crippen molar-refractivity contribution >= 4 is 0 Å². The molecule has 4 atom stereocenters. The van der Waals surface area contributed by atoms with Crippen molar-refractivity contribution in [2.24, 2.45) is 5.41 Å². The molecule has 0 radical (unpaired) electrons. The van der Waals surface area contributed by atoms with Gasteiger partial charge in [-0.25, -0.2) is 0 Å². The Labute approximate surface area is 217 Å². The minimum Gasteiger partial charge on any atom is -0.396 e. The van der Waals surface area contributed by atoms with Crippen LogP contribution in [0.2, 0.25) is 0 Å². The zero-order chi connectivity index (χ0) is 26.9. The lowest BCUT2D eigenvalue weighted by atomic mass is 9.85. The number of aliphatic hydroxyl groups is 5. The largest absolute Gasteiger partial charge is 0.396 e. The minimum atomic E-state index is -0.819. The Bertz CT molecular complexity index is 791. The predicted molar refractivity (Wildman–Crippen MR) is 144 cm³/mol. The lowest BCUT2D eigenvalue weighted by molar-refractivity contribution is 0.0135. The standard InChI is InChI=1S/C30H48O6/c1-29(2,20-31)14-8-6-10-21-16-25(32)18-23(27(21)34)12-13-24-19-26(33)17-22(28(24)35)11-7-9-15-30(3,4)36-5/h12-13,16-19,25-28,31-35H,6-11,14-15,20H2,1-5H3/b13-12-. The maximum Gasteiger partial charge on any atom is 0.1000 e. The molecule has 0 spiro atoms. The summed E-state index contributed by atoms with van der Waals surface area (Å²) in [6.45, 7) is 8.33. The van der Waals surface area contributed by atoms with Crippen LogP contribution in [0, 0.1) is 5.41 Å². The molecule has 0 aromatic rings. The monoisotopic (exact) mass is 504 g/mol. The molecule has 0 amide bonds. The van der Waals surface area contributed by atoms with Crippen molar-refractivity contribution in [3.8, 4) is 0 Å². The summed E-state index contributed by atoms with van der Waals surface area (Å²) in [5.74, 6) is 0. The Morgan fingerprint density at radius 2 is 1.17 bits per heavy atom. The fourth-order valence-corrected chi connectivity index (χ4v) is 4.64. The minimum absolute atomic E-state index is 0.111. The number of rotatable bonds is 14. The van der Waals surface area contributed by atoms with Gasteiger partial charge >= 0.3 is 0 Å². The van der Waals surface area contributed by atoms with Gasteiger partial charge in [0.05, 0.1) is 30.0 Å². The molecule has 6 heteroatoms. The normalized spacial score (nSPS) is 25.5. The van der Waals surface area contributed by atoms with E-state index in [9.17, 15) is 25.5 Å². The van der Waals surface area contributed by atoms with E-state index < -0.39 is 24.4 Å². The third-order valence-corrected chi connectivity index (χ3v) is 7.34. The molecule has 0 fully saturated rings. The van der Waals surface area contributed by atoms with Crippen molar-refractivity contribution in [2.75, 3.05) is 13.7 Å². The molecule has 0 saturated carbocycles. The summed E-state index contributed by atoms with van der Waals surface area (Å²) in [4.78, 5) is 0. The second kappa shape index (κ2) is 13.8. The van der Waals surface area contributed by atoms with Gasteiger partial charge < -0.3 is 30.3 Å². The van der Waals surface area contributed by atoms with E-state index in [1.807, 2.05) is 13.8 Å². The van der Waals surface area contributed by atoms with Crippen LogP contribution in [-0.4, -0.2) is 69.3 Å². The summed E-state index contributed by atoms with van der Waals surface area (Å²) >= 11 is 0. The van der Waals surface area contributed by atoms with E-state index in [4.69, 9.17) is 4.74 Å². The van der Waals surface area contributed by atoms with Crippen LogP contribution in [0.25, 0.3) is 0 Å². The van der Waals surface area contributed by atoms with Crippen molar-refractivity contribution in [1.29, 1.82) is 0 Å². The molecular formula is C30H48O6. The van der Waals surface area contributed by atoms with Crippen LogP contribution >= 0.6 is 0 Å². The number of hydrogen-bond acceptors (Lipinski definition) is 6. The predicted octanol–water partition coefficient (Wildman–Crippen LogP) is 4.28. The summed E-state index contributed by atoms with van der Waals surface area (Å²) in [7, 11) is 1.71. The average molecular weight is 505 g/mol. The van der Waals surface area contributed by atoms with Crippen molar-refractivity contribution in [1.82, 2.24) is 0 Å². The fraction of sp³-hybridized carbons (Fsp3) is 0.667. The highest BCUT2D eigenvalue weighted by molar-refractivity contribution is 5.44. The first-order valence-corrected chi connectivity index (χ1v) is 13.3. The molecule has 6 nitrogen and oxygen atoms in total. The molecule has 0 aromatic carbocycles. The number of ether oxygens (including phenoxy) is 1. The van der Waals surface area contributed by atoms with Crippen molar-refractivity contribution in [3.63, 3.8) is 0 Å². The van der Waals surface area contributed by atoms with Gasteiger partial charge in [0.2, 0.25) is 0 Å². The first-order valence-electron chi connectivity index (χ1n) is 13.3. The summed E-state index contributed by atoms with van der Waals surface area (Å²) < 4.78 is 5.46. The number of aliphatic hydroxyl groups excluding tert-OH is 5. The summed E-state index contributed by atoms with van der Waals surface area (Å²) in [6, 6.07) is 0. The Morgan fingerprint density at radius 1 is 0.722 bits per heavy atom. The summed E-state index contributed by atoms with van der Waals surface area (Å²) in [5.41, 5.74) is 2.46. The van der Waals surface area contributed by atoms with Gasteiger partial charge in [-0.1, -0.05) is 51.0 Å². The topological polar surface area (TPSA) is 110 Å². The molecule has 2 aliphatic rings. The van der Waals surface area contributed by atoms with E-state index in [2.05, 4.69) is 13.8 Å². The molecule has 0 bridgehead atoms. The van der Waals surface area contributed by atoms with Gasteiger partial charge in [0.15, 0.2) is 0 Å². The fourth-order valence-electron chi connectivity index (χ4n) is 4.64. The Morgan fingerprint density at radius 3 is 1.58 bits per heavy atom. The molecule has 204 valence electrons. The van der Waals surface area contributed by atoms with Crippen LogP contribution in [-0.2, 0) is 4.74 Å². The van der Waals surface area contributed by atoms with Crippen LogP contribution in [0.4, 0.5) is 0 Å². The highest BCUT2D eigenvalue weighted by Gasteiger charge is 2.24. The maximum atomic E-state index is 10.9. The first kappa shape index (κ1) is 30.7. The van der Waals surface area contributed by atoms with Crippen molar-refractivity contribution in [2.45, 2.75) is 109 Å².